The minimum absolute atomic E-state index is 0.225. The van der Waals surface area contributed by atoms with Gasteiger partial charge < -0.3 is 9.64 Å². The molecule has 1 aromatic heterocycles. The Balaban J connectivity index is 1.60. The maximum absolute atomic E-state index is 12.2. The molecule has 1 saturated heterocycles. The van der Waals surface area contributed by atoms with Gasteiger partial charge in [-0.3, -0.25) is 9.48 Å². The highest BCUT2D eigenvalue weighted by atomic mass is 16.6. The van der Waals surface area contributed by atoms with Crippen LogP contribution in [0.2, 0.25) is 0 Å². The number of ketones is 1. The summed E-state index contributed by atoms with van der Waals surface area (Å²) in [6.07, 6.45) is 3.76. The van der Waals surface area contributed by atoms with Crippen LogP contribution in [0.25, 0.3) is 0 Å². The molecule has 0 N–H and O–H groups in total. The molecule has 0 aromatic carbocycles. The van der Waals surface area contributed by atoms with Gasteiger partial charge in [0.25, 0.3) is 0 Å². The molecule has 1 unspecified atom stereocenters. The van der Waals surface area contributed by atoms with Crippen molar-refractivity contribution in [2.45, 2.75) is 77.4 Å². The summed E-state index contributed by atoms with van der Waals surface area (Å²) in [5, 5.41) is 4.81. The number of carbonyl (C=O) groups is 2. The van der Waals surface area contributed by atoms with E-state index in [0.29, 0.717) is 37.6 Å². The van der Waals surface area contributed by atoms with Gasteiger partial charge in [0.05, 0.1) is 11.7 Å². The van der Waals surface area contributed by atoms with Crippen LogP contribution in [0.4, 0.5) is 4.79 Å². The second kappa shape index (κ2) is 6.81. The van der Waals surface area contributed by atoms with E-state index in [1.165, 1.54) is 0 Å². The predicted molar refractivity (Wildman–Crippen MR) is 94.6 cm³/mol. The number of carbonyl (C=O) groups excluding carboxylic acids is 2. The van der Waals surface area contributed by atoms with E-state index in [9.17, 15) is 9.59 Å². The van der Waals surface area contributed by atoms with Gasteiger partial charge in [0, 0.05) is 37.5 Å². The average Bonchev–Trinajstić information content (AvgIpc) is 3.11. The molecule has 2 aliphatic rings. The summed E-state index contributed by atoms with van der Waals surface area (Å²) in [5.74, 6) is 0.711. The Morgan fingerprint density at radius 1 is 1.24 bits per heavy atom. The van der Waals surface area contributed by atoms with Crippen LogP contribution in [0, 0.1) is 6.92 Å². The smallest absolute Gasteiger partial charge is 0.410 e. The molecule has 2 heterocycles. The molecule has 1 atom stereocenters. The third-order valence-corrected chi connectivity index (χ3v) is 5.07. The number of ether oxygens (including phenoxy) is 1. The fourth-order valence-corrected chi connectivity index (χ4v) is 3.77. The van der Waals surface area contributed by atoms with Crippen molar-refractivity contribution < 1.29 is 14.3 Å². The van der Waals surface area contributed by atoms with E-state index >= 15 is 0 Å². The Kier molecular flexibility index (Phi) is 4.89. The average molecular weight is 347 g/mol. The first-order valence-corrected chi connectivity index (χ1v) is 9.28. The zero-order valence-electron chi connectivity index (χ0n) is 15.7. The predicted octanol–water partition coefficient (Wildman–Crippen LogP) is 3.60. The summed E-state index contributed by atoms with van der Waals surface area (Å²) in [5.41, 5.74) is 1.77. The topological polar surface area (TPSA) is 64.4 Å². The Bertz CT molecular complexity index is 651. The van der Waals surface area contributed by atoms with Crippen molar-refractivity contribution in [1.29, 1.82) is 0 Å². The molecule has 3 rings (SSSR count). The van der Waals surface area contributed by atoms with E-state index in [2.05, 4.69) is 13.0 Å². The third-order valence-electron chi connectivity index (χ3n) is 5.07. The summed E-state index contributed by atoms with van der Waals surface area (Å²) in [4.78, 5) is 25.5. The minimum atomic E-state index is -0.456. The van der Waals surface area contributed by atoms with Crippen molar-refractivity contribution in [2.75, 3.05) is 13.1 Å². The molecule has 1 amide bonds. The van der Waals surface area contributed by atoms with E-state index < -0.39 is 5.60 Å². The zero-order valence-corrected chi connectivity index (χ0v) is 15.7. The molecule has 25 heavy (non-hydrogen) atoms. The van der Waals surface area contributed by atoms with Gasteiger partial charge in [0.2, 0.25) is 0 Å². The van der Waals surface area contributed by atoms with Gasteiger partial charge in [-0.2, -0.15) is 5.10 Å². The van der Waals surface area contributed by atoms with Gasteiger partial charge in [0.15, 0.2) is 0 Å². The van der Waals surface area contributed by atoms with E-state index in [0.717, 1.165) is 30.7 Å². The van der Waals surface area contributed by atoms with Gasteiger partial charge >= 0.3 is 6.09 Å². The second-order valence-corrected chi connectivity index (χ2v) is 8.33. The van der Waals surface area contributed by atoms with Crippen molar-refractivity contribution in [3.8, 4) is 0 Å². The first-order chi connectivity index (χ1) is 11.7. The third kappa shape index (κ3) is 4.22. The van der Waals surface area contributed by atoms with Crippen LogP contribution in [0.1, 0.15) is 76.2 Å². The highest BCUT2D eigenvalue weighted by molar-refractivity contribution is 5.80. The lowest BCUT2D eigenvalue weighted by atomic mass is 9.94. The monoisotopic (exact) mass is 347 g/mol. The number of Topliss-reactive ketones (excluding diaryl/α,β-unsaturated/α-hetero) is 1. The Labute approximate surface area is 149 Å². The summed E-state index contributed by atoms with van der Waals surface area (Å²) in [6.45, 7) is 9.14. The number of aromatic nitrogens is 2. The number of likely N-dealkylation sites (tertiary alicyclic amines) is 1. The number of rotatable bonds is 2. The molecule has 0 spiro atoms. The summed E-state index contributed by atoms with van der Waals surface area (Å²) < 4.78 is 7.50. The van der Waals surface area contributed by atoms with Crippen LogP contribution < -0.4 is 0 Å². The maximum Gasteiger partial charge on any atom is 0.410 e. The fourth-order valence-electron chi connectivity index (χ4n) is 3.77. The fraction of sp³-hybridized carbons (Fsp3) is 0.737. The summed E-state index contributed by atoms with van der Waals surface area (Å²) >= 11 is 0. The molecule has 1 saturated carbocycles. The largest absolute Gasteiger partial charge is 0.444 e. The lowest BCUT2D eigenvalue weighted by Crippen LogP contribution is -2.41. The Hall–Kier alpha value is -1.85. The molecule has 1 aromatic rings. The van der Waals surface area contributed by atoms with Gasteiger partial charge in [0.1, 0.15) is 11.4 Å². The van der Waals surface area contributed by atoms with Crippen molar-refractivity contribution in [1.82, 2.24) is 14.7 Å². The van der Waals surface area contributed by atoms with E-state index in [4.69, 9.17) is 9.84 Å². The number of hydrogen-bond donors (Lipinski definition) is 0. The molecular weight excluding hydrogens is 318 g/mol. The van der Waals surface area contributed by atoms with Gasteiger partial charge in [-0.1, -0.05) is 0 Å². The maximum atomic E-state index is 12.2. The van der Waals surface area contributed by atoms with Crippen LogP contribution in [-0.2, 0) is 9.53 Å². The van der Waals surface area contributed by atoms with Crippen LogP contribution in [0.3, 0.4) is 0 Å². The number of hydrogen-bond acceptors (Lipinski definition) is 4. The molecule has 0 radical (unpaired) electrons. The molecule has 0 bridgehead atoms. The molecule has 6 heteroatoms. The normalized spacial score (nSPS) is 22.5. The molecule has 1 aliphatic carbocycles. The number of amides is 1. The highest BCUT2D eigenvalue weighted by Gasteiger charge is 2.30. The Morgan fingerprint density at radius 2 is 1.92 bits per heavy atom. The lowest BCUT2D eigenvalue weighted by molar-refractivity contribution is -0.117. The quantitative estimate of drug-likeness (QED) is 0.820. The minimum Gasteiger partial charge on any atom is -0.444 e. The molecular formula is C19H29N3O3. The van der Waals surface area contributed by atoms with Crippen molar-refractivity contribution >= 4 is 11.9 Å². The first-order valence-electron chi connectivity index (χ1n) is 9.28. The van der Waals surface area contributed by atoms with Crippen molar-refractivity contribution in [2.24, 2.45) is 0 Å². The van der Waals surface area contributed by atoms with Crippen LogP contribution >= 0.6 is 0 Å². The molecule has 6 nitrogen and oxygen atoms in total. The van der Waals surface area contributed by atoms with Gasteiger partial charge in [-0.05, 0) is 53.0 Å². The summed E-state index contributed by atoms with van der Waals surface area (Å²) in [6, 6.07) is 2.37. The molecule has 2 fully saturated rings. The van der Waals surface area contributed by atoms with Crippen molar-refractivity contribution in [3.05, 3.63) is 17.5 Å². The van der Waals surface area contributed by atoms with E-state index in [1.807, 2.05) is 25.5 Å². The molecule has 1 aliphatic heterocycles. The number of piperidine rings is 1. The number of nitrogens with zero attached hydrogens (tertiary/aromatic N) is 3. The SMILES string of the molecule is Cc1cc(C2CCN(C(=O)OC(C)(C)C)CC2)nn1C1CCC(=O)C1. The van der Waals surface area contributed by atoms with Crippen LogP contribution in [-0.4, -0.2) is 45.2 Å². The Morgan fingerprint density at radius 3 is 2.48 bits per heavy atom. The molecule has 138 valence electrons. The first kappa shape index (κ1) is 18.0. The highest BCUT2D eigenvalue weighted by Crippen LogP contribution is 2.32. The van der Waals surface area contributed by atoms with Gasteiger partial charge in [-0.15, -0.1) is 0 Å². The van der Waals surface area contributed by atoms with Crippen LogP contribution in [0.5, 0.6) is 0 Å². The summed E-state index contributed by atoms with van der Waals surface area (Å²) in [7, 11) is 0. The lowest BCUT2D eigenvalue weighted by Gasteiger charge is -2.32. The standard InChI is InChI=1S/C19H29N3O3/c1-13-11-17(20-22(13)15-5-6-16(23)12-15)14-7-9-21(10-8-14)18(24)25-19(2,3)4/h11,14-15H,5-10,12H2,1-4H3. The second-order valence-electron chi connectivity index (χ2n) is 8.33. The number of aryl methyl sites for hydroxylation is 1. The van der Waals surface area contributed by atoms with E-state index in [-0.39, 0.29) is 12.1 Å². The van der Waals surface area contributed by atoms with Crippen molar-refractivity contribution in [3.63, 3.8) is 0 Å². The van der Waals surface area contributed by atoms with E-state index in [1.54, 1.807) is 4.90 Å². The van der Waals surface area contributed by atoms with Gasteiger partial charge in [-0.25, -0.2) is 4.79 Å². The zero-order chi connectivity index (χ0) is 18.2. The van der Waals surface area contributed by atoms with Crippen LogP contribution in [0.15, 0.2) is 6.07 Å².